The molecule has 6 nitrogen and oxygen atoms in total. The van der Waals surface area contributed by atoms with Crippen LogP contribution in [0.3, 0.4) is 0 Å². The first-order chi connectivity index (χ1) is 13.9. The van der Waals surface area contributed by atoms with Gasteiger partial charge in [-0.1, -0.05) is 76.3 Å². The molecule has 0 fully saturated rings. The minimum absolute atomic E-state index is 0.106. The van der Waals surface area contributed by atoms with Crippen molar-refractivity contribution in [2.75, 3.05) is 0 Å². The summed E-state index contributed by atoms with van der Waals surface area (Å²) < 4.78 is 25.9. The Morgan fingerprint density at radius 3 is 1.57 bits per heavy atom. The van der Waals surface area contributed by atoms with E-state index in [0.29, 0.717) is 0 Å². The van der Waals surface area contributed by atoms with Crippen LogP contribution in [0.25, 0.3) is 5.57 Å². The van der Waals surface area contributed by atoms with Crippen molar-refractivity contribution in [3.05, 3.63) is 54.1 Å². The van der Waals surface area contributed by atoms with E-state index in [1.807, 2.05) is 36.4 Å². The summed E-state index contributed by atoms with van der Waals surface area (Å²) in [5.74, 6) is 0. The molecule has 0 amide bonds. The Labute approximate surface area is 179 Å². The van der Waals surface area contributed by atoms with Crippen molar-refractivity contribution in [1.82, 2.24) is 0 Å². The molecule has 0 radical (unpaired) electrons. The lowest BCUT2D eigenvalue weighted by Gasteiger charge is -2.59. The first-order valence-corrected chi connectivity index (χ1v) is 13.7. The van der Waals surface area contributed by atoms with Gasteiger partial charge in [0.05, 0.1) is 10.3 Å². The van der Waals surface area contributed by atoms with Crippen molar-refractivity contribution < 1.29 is 28.7 Å². The molecule has 2 rings (SSSR count). The van der Waals surface area contributed by atoms with Crippen LogP contribution in [-0.4, -0.2) is 29.9 Å². The number of benzene rings is 1. The Bertz CT molecular complexity index is 847. The van der Waals surface area contributed by atoms with Crippen LogP contribution in [0, 0.1) is 5.41 Å². The van der Waals surface area contributed by atoms with E-state index >= 15 is 0 Å². The molecular weight excluding hydrogens is 422 g/mol. The van der Waals surface area contributed by atoms with E-state index in [2.05, 4.69) is 0 Å². The van der Waals surface area contributed by atoms with Crippen molar-refractivity contribution in [2.45, 2.75) is 70.1 Å². The summed E-state index contributed by atoms with van der Waals surface area (Å²) in [5, 5.41) is -3.19. The van der Waals surface area contributed by atoms with Crippen LogP contribution in [0.15, 0.2) is 48.6 Å². The summed E-state index contributed by atoms with van der Waals surface area (Å²) in [6.07, 6.45) is 5.93. The molecule has 0 spiro atoms. The van der Waals surface area contributed by atoms with Crippen molar-refractivity contribution in [1.29, 1.82) is 0 Å². The van der Waals surface area contributed by atoms with Gasteiger partial charge in [-0.15, -0.1) is 0 Å². The summed E-state index contributed by atoms with van der Waals surface area (Å²) >= 11 is 0. The molecule has 0 saturated carbocycles. The quantitative estimate of drug-likeness (QED) is 0.365. The molecule has 0 heterocycles. The van der Waals surface area contributed by atoms with Crippen LogP contribution in [0.5, 0.6) is 0 Å². The van der Waals surface area contributed by atoms with Gasteiger partial charge < -0.3 is 19.6 Å². The topological polar surface area (TPSA) is 115 Å². The number of rotatable bonds is 9. The minimum Gasteiger partial charge on any atom is -0.324 e. The molecule has 0 bridgehead atoms. The zero-order valence-corrected chi connectivity index (χ0v) is 19.9. The predicted octanol–water partition coefficient (Wildman–Crippen LogP) is 5.49. The maximum Gasteiger partial charge on any atom is 0.332 e. The smallest absolute Gasteiger partial charge is 0.324 e. The Morgan fingerprint density at radius 2 is 1.27 bits per heavy atom. The lowest BCUT2D eigenvalue weighted by molar-refractivity contribution is 0.107. The zero-order chi connectivity index (χ0) is 22.8. The summed E-state index contributed by atoms with van der Waals surface area (Å²) in [7, 11) is -9.50. The molecule has 0 unspecified atom stereocenters. The molecular formula is C22H34O6P2. The highest BCUT2D eigenvalue weighted by atomic mass is 31.2. The zero-order valence-electron chi connectivity index (χ0n) is 18.2. The Balaban J connectivity index is 2.86. The molecule has 1 aromatic carbocycles. The molecule has 1 aliphatic carbocycles. The molecule has 0 atom stereocenters. The maximum atomic E-state index is 13.0. The van der Waals surface area contributed by atoms with Crippen molar-refractivity contribution >= 4 is 20.8 Å². The molecule has 0 saturated heterocycles. The summed E-state index contributed by atoms with van der Waals surface area (Å²) in [5.41, 5.74) is 0.431. The Morgan fingerprint density at radius 1 is 0.833 bits per heavy atom. The van der Waals surface area contributed by atoms with Gasteiger partial charge in [-0.25, -0.2) is 0 Å². The normalized spacial score (nSPS) is 17.7. The maximum absolute atomic E-state index is 13.0. The van der Waals surface area contributed by atoms with Crippen LogP contribution < -0.4 is 0 Å². The van der Waals surface area contributed by atoms with Crippen LogP contribution in [-0.2, 0) is 9.13 Å². The second-order valence-corrected chi connectivity index (χ2v) is 12.0. The van der Waals surface area contributed by atoms with Crippen LogP contribution in [0.2, 0.25) is 0 Å². The highest BCUT2D eigenvalue weighted by Gasteiger charge is 2.70. The summed E-state index contributed by atoms with van der Waals surface area (Å²) in [6, 6.07) is 9.59. The number of hydrogen-bond acceptors (Lipinski definition) is 2. The van der Waals surface area contributed by atoms with Crippen molar-refractivity contribution in [2.24, 2.45) is 5.41 Å². The molecule has 0 aliphatic heterocycles. The van der Waals surface area contributed by atoms with Gasteiger partial charge in [-0.3, -0.25) is 9.13 Å². The highest BCUT2D eigenvalue weighted by Crippen LogP contribution is 2.76. The van der Waals surface area contributed by atoms with Gasteiger partial charge in [0.2, 0.25) is 0 Å². The molecule has 8 heteroatoms. The van der Waals surface area contributed by atoms with E-state index in [0.717, 1.165) is 11.1 Å². The van der Waals surface area contributed by atoms with Gasteiger partial charge in [-0.05, 0) is 43.2 Å². The van der Waals surface area contributed by atoms with E-state index in [4.69, 9.17) is 0 Å². The number of hydrogen-bond donors (Lipinski definition) is 4. The largest absolute Gasteiger partial charge is 0.332 e. The van der Waals surface area contributed by atoms with Gasteiger partial charge >= 0.3 is 15.2 Å². The predicted molar refractivity (Wildman–Crippen MR) is 121 cm³/mol. The summed E-state index contributed by atoms with van der Waals surface area (Å²) in [6.45, 7) is 6.80. The van der Waals surface area contributed by atoms with Crippen molar-refractivity contribution in [3.8, 4) is 0 Å². The average molecular weight is 456 g/mol. The van der Waals surface area contributed by atoms with E-state index in [9.17, 15) is 28.7 Å². The monoisotopic (exact) mass is 456 g/mol. The summed E-state index contributed by atoms with van der Waals surface area (Å²) in [4.78, 5) is 42.2. The molecule has 30 heavy (non-hydrogen) atoms. The van der Waals surface area contributed by atoms with Crippen LogP contribution >= 0.6 is 15.2 Å². The first-order valence-electron chi connectivity index (χ1n) is 10.5. The molecule has 4 N–H and O–H groups in total. The molecule has 1 aromatic rings. The lowest BCUT2D eigenvalue weighted by atomic mass is 9.58. The highest BCUT2D eigenvalue weighted by molar-refractivity contribution is 7.55. The first kappa shape index (κ1) is 25.3. The molecule has 0 aromatic heterocycles. The third-order valence-corrected chi connectivity index (χ3v) is 11.7. The van der Waals surface area contributed by atoms with E-state index in [1.165, 1.54) is 0 Å². The third kappa shape index (κ3) is 3.62. The van der Waals surface area contributed by atoms with Gasteiger partial charge in [0.1, 0.15) is 0 Å². The van der Waals surface area contributed by atoms with Crippen LogP contribution in [0.1, 0.15) is 65.4 Å². The van der Waals surface area contributed by atoms with Gasteiger partial charge in [0, 0.05) is 5.41 Å². The third-order valence-electron chi connectivity index (χ3n) is 7.41. The fraction of sp³-hybridized carbons (Fsp3) is 0.545. The second-order valence-electron chi connectivity index (χ2n) is 8.10. The standard InChI is InChI=1S/C22H34O6P2/c1-5-21(6-2,29(23,24)25)20(22(7-3,8-4)30(26,27)28)16-14-19(15-17-20)18-12-10-9-11-13-18/h9-16H,5-8,17H2,1-4H3,(H2,23,24,25)(H2,26,27,28). The van der Waals surface area contributed by atoms with E-state index < -0.39 is 30.9 Å². The van der Waals surface area contributed by atoms with Gasteiger partial charge in [0.15, 0.2) is 0 Å². The van der Waals surface area contributed by atoms with Gasteiger partial charge in [-0.2, -0.15) is 0 Å². The fourth-order valence-electron chi connectivity index (χ4n) is 5.71. The average Bonchev–Trinajstić information content (AvgIpc) is 2.69. The van der Waals surface area contributed by atoms with Gasteiger partial charge in [0.25, 0.3) is 0 Å². The van der Waals surface area contributed by atoms with Crippen LogP contribution in [0.4, 0.5) is 0 Å². The van der Waals surface area contributed by atoms with E-state index in [-0.39, 0.29) is 32.1 Å². The second kappa shape index (κ2) is 8.86. The van der Waals surface area contributed by atoms with E-state index in [1.54, 1.807) is 39.8 Å². The molecule has 168 valence electrons. The van der Waals surface area contributed by atoms with Crippen molar-refractivity contribution in [3.63, 3.8) is 0 Å². The minimum atomic E-state index is -4.75. The Hall–Kier alpha value is -1.00. The Kier molecular flexibility index (Phi) is 7.46. The molecule has 1 aliphatic rings. The fourth-order valence-corrected chi connectivity index (χ4v) is 9.25. The lowest BCUT2D eigenvalue weighted by Crippen LogP contribution is -2.60. The number of allylic oxidation sites excluding steroid dienone is 4. The SMILES string of the molecule is CCC(CC)(C1(C(CC)(CC)P(=O)(O)O)C=CC(c2ccccc2)=CC1)P(=O)(O)O.